The van der Waals surface area contributed by atoms with Gasteiger partial charge in [0.2, 0.25) is 0 Å². The number of thioether (sulfide) groups is 1. The van der Waals surface area contributed by atoms with E-state index >= 15 is 0 Å². The molecule has 0 aliphatic carbocycles. The Hall–Kier alpha value is -2.53. The highest BCUT2D eigenvalue weighted by molar-refractivity contribution is 8.00. The van der Waals surface area contributed by atoms with Crippen LogP contribution in [-0.2, 0) is 14.3 Å². The summed E-state index contributed by atoms with van der Waals surface area (Å²) >= 11 is 2.53. The molecule has 3 amide bonds. The van der Waals surface area contributed by atoms with Crippen LogP contribution in [0.1, 0.15) is 9.67 Å². The minimum absolute atomic E-state index is 0.225. The summed E-state index contributed by atoms with van der Waals surface area (Å²) in [6, 6.07) is 2.56. The van der Waals surface area contributed by atoms with Crippen molar-refractivity contribution in [3.63, 3.8) is 0 Å². The molecule has 4 N–H and O–H groups in total. The van der Waals surface area contributed by atoms with Crippen molar-refractivity contribution in [2.75, 3.05) is 12.4 Å². The number of thiophene rings is 1. The summed E-state index contributed by atoms with van der Waals surface area (Å²) in [6.07, 6.45) is -1.03. The third kappa shape index (κ3) is 3.20. The van der Waals surface area contributed by atoms with E-state index < -0.39 is 29.4 Å². The highest BCUT2D eigenvalue weighted by Gasteiger charge is 2.54. The number of ether oxygens (including phenoxy) is 1. The summed E-state index contributed by atoms with van der Waals surface area (Å²) in [5.41, 5.74) is 4.95. The van der Waals surface area contributed by atoms with Crippen LogP contribution in [0.3, 0.4) is 0 Å². The highest BCUT2D eigenvalue weighted by Crippen LogP contribution is 2.40. The smallest absolute Gasteiger partial charge is 0.404 e. The second-order valence-corrected chi connectivity index (χ2v) is 7.26. The number of nitrogens with one attached hydrogen (secondary N) is 1. The van der Waals surface area contributed by atoms with E-state index in [2.05, 4.69) is 10.1 Å². The first-order valence-corrected chi connectivity index (χ1v) is 8.99. The predicted octanol–water partition coefficient (Wildman–Crippen LogP) is 0.196. The molecule has 1 aromatic heterocycles. The molecule has 0 aromatic carbocycles. The minimum atomic E-state index is -1.30. The summed E-state index contributed by atoms with van der Waals surface area (Å²) in [5, 5.41) is 13.3. The van der Waals surface area contributed by atoms with E-state index in [1.54, 1.807) is 17.5 Å². The normalized spacial score (nSPS) is 22.1. The molecule has 2 aliphatic rings. The molecule has 11 heteroatoms. The fraction of sp³-hybridized carbons (Fsp3) is 0.286. The first kappa shape index (κ1) is 17.3. The van der Waals surface area contributed by atoms with Crippen LogP contribution in [0.4, 0.5) is 4.79 Å². The summed E-state index contributed by atoms with van der Waals surface area (Å²) < 4.78 is 4.64. The Morgan fingerprint density at radius 1 is 1.44 bits per heavy atom. The molecule has 132 valence electrons. The van der Waals surface area contributed by atoms with Gasteiger partial charge < -0.3 is 20.9 Å². The van der Waals surface area contributed by atoms with Crippen molar-refractivity contribution in [3.8, 4) is 0 Å². The monoisotopic (exact) mass is 383 g/mol. The molecule has 1 fully saturated rings. The number of carbonyl (C=O) groups excluding carboxylic acids is 3. The number of hydrogen-bond acceptors (Lipinski definition) is 7. The Kier molecular flexibility index (Phi) is 4.68. The maximum absolute atomic E-state index is 12.4. The van der Waals surface area contributed by atoms with Crippen molar-refractivity contribution in [2.24, 2.45) is 5.73 Å². The van der Waals surface area contributed by atoms with Crippen LogP contribution in [0.15, 0.2) is 28.8 Å². The number of amides is 3. The molecule has 0 saturated carbocycles. The number of hydrogen-bond donors (Lipinski definition) is 3. The van der Waals surface area contributed by atoms with Crippen LogP contribution in [0.2, 0.25) is 0 Å². The Morgan fingerprint density at radius 3 is 2.80 bits per heavy atom. The second-order valence-electron chi connectivity index (χ2n) is 5.20. The Balaban J connectivity index is 1.76. The number of nitrogens with zero attached hydrogens (tertiary/aromatic N) is 1. The molecule has 0 radical (unpaired) electrons. The highest BCUT2D eigenvalue weighted by atomic mass is 32.2. The van der Waals surface area contributed by atoms with Crippen LogP contribution in [-0.4, -0.2) is 57.7 Å². The number of rotatable bonds is 5. The molecule has 1 aromatic rings. The number of β-lactam (4-membered cyclic amide) rings is 1. The van der Waals surface area contributed by atoms with Crippen molar-refractivity contribution in [1.82, 2.24) is 10.2 Å². The second kappa shape index (κ2) is 6.76. The van der Waals surface area contributed by atoms with E-state index in [1.807, 2.05) is 0 Å². The third-order valence-corrected chi connectivity index (χ3v) is 5.88. The van der Waals surface area contributed by atoms with E-state index in [0.29, 0.717) is 4.88 Å². The molecule has 2 aliphatic heterocycles. The van der Waals surface area contributed by atoms with Gasteiger partial charge >= 0.3 is 12.1 Å². The standard InChI is InChI=1S/C14H13N3O6S2/c15-14(22)23-4-6-5-25-12-8(11(19)17(12)9(6)13(20)21)16-10(18)7-2-1-3-24-7/h1-3,8,12H,4-5H2,(H2,15,22)(H,16,18)(H,20,21). The summed E-state index contributed by atoms with van der Waals surface area (Å²) in [6.45, 7) is -0.299. The number of fused-ring (bicyclic) bond motifs is 1. The lowest BCUT2D eigenvalue weighted by molar-refractivity contribution is -0.148. The molecule has 9 nitrogen and oxygen atoms in total. The van der Waals surface area contributed by atoms with Gasteiger partial charge in [-0.3, -0.25) is 14.5 Å². The van der Waals surface area contributed by atoms with Crippen LogP contribution in [0.25, 0.3) is 0 Å². The van der Waals surface area contributed by atoms with Gasteiger partial charge in [-0.1, -0.05) is 6.07 Å². The number of nitrogens with two attached hydrogens (primary N) is 1. The Labute approximate surface area is 149 Å². The zero-order valence-electron chi connectivity index (χ0n) is 12.6. The number of carboxylic acids is 1. The molecule has 3 heterocycles. The first-order chi connectivity index (χ1) is 11.9. The quantitative estimate of drug-likeness (QED) is 0.617. The van der Waals surface area contributed by atoms with Gasteiger partial charge in [0.05, 0.1) is 4.88 Å². The number of carboxylic acid groups (broad SMARTS) is 1. The summed E-state index contributed by atoms with van der Waals surface area (Å²) in [5.74, 6) is -1.95. The average molecular weight is 383 g/mol. The SMILES string of the molecule is NC(=O)OCC1=C(C(=O)O)N2C(=O)C(NC(=O)c3cccs3)C2SC1. The molecule has 0 spiro atoms. The zero-order chi connectivity index (χ0) is 18.1. The van der Waals surface area contributed by atoms with Crippen molar-refractivity contribution in [2.45, 2.75) is 11.4 Å². The maximum Gasteiger partial charge on any atom is 0.404 e. The fourth-order valence-electron chi connectivity index (χ4n) is 2.57. The van der Waals surface area contributed by atoms with Crippen molar-refractivity contribution < 1.29 is 29.0 Å². The van der Waals surface area contributed by atoms with Crippen molar-refractivity contribution >= 4 is 47.0 Å². The predicted molar refractivity (Wildman–Crippen MR) is 88.9 cm³/mol. The van der Waals surface area contributed by atoms with Crippen molar-refractivity contribution in [3.05, 3.63) is 33.7 Å². The van der Waals surface area contributed by atoms with E-state index in [1.165, 1.54) is 23.1 Å². The third-order valence-electron chi connectivity index (χ3n) is 3.67. The summed E-state index contributed by atoms with van der Waals surface area (Å²) in [7, 11) is 0. The van der Waals surface area contributed by atoms with E-state index in [9.17, 15) is 24.3 Å². The molecule has 25 heavy (non-hydrogen) atoms. The number of carbonyl (C=O) groups is 4. The lowest BCUT2D eigenvalue weighted by Crippen LogP contribution is -2.70. The van der Waals surface area contributed by atoms with Gasteiger partial charge in [0.15, 0.2) is 0 Å². The molecular weight excluding hydrogens is 370 g/mol. The maximum atomic E-state index is 12.4. The lowest BCUT2D eigenvalue weighted by atomic mass is 10.0. The molecular formula is C14H13N3O6S2. The van der Waals surface area contributed by atoms with Crippen LogP contribution in [0.5, 0.6) is 0 Å². The van der Waals surface area contributed by atoms with E-state index in [4.69, 9.17) is 5.73 Å². The molecule has 2 atom stereocenters. The molecule has 0 bridgehead atoms. The fourth-order valence-corrected chi connectivity index (χ4v) is 4.53. The number of aliphatic carboxylic acids is 1. The molecule has 3 rings (SSSR count). The summed E-state index contributed by atoms with van der Waals surface area (Å²) in [4.78, 5) is 48.3. The van der Waals surface area contributed by atoms with Gasteiger partial charge in [0, 0.05) is 11.3 Å². The van der Waals surface area contributed by atoms with Crippen LogP contribution >= 0.6 is 23.1 Å². The molecule has 1 saturated heterocycles. The van der Waals surface area contributed by atoms with Gasteiger partial charge in [-0.05, 0) is 11.4 Å². The minimum Gasteiger partial charge on any atom is -0.477 e. The van der Waals surface area contributed by atoms with E-state index in [-0.39, 0.29) is 29.5 Å². The topological polar surface area (TPSA) is 139 Å². The van der Waals surface area contributed by atoms with Gasteiger partial charge in [-0.2, -0.15) is 0 Å². The zero-order valence-corrected chi connectivity index (χ0v) is 14.3. The van der Waals surface area contributed by atoms with E-state index in [0.717, 1.165) is 4.90 Å². The van der Waals surface area contributed by atoms with Gasteiger partial charge in [0.1, 0.15) is 23.7 Å². The van der Waals surface area contributed by atoms with Crippen LogP contribution < -0.4 is 11.1 Å². The Morgan fingerprint density at radius 2 is 2.20 bits per heavy atom. The molecule has 2 unspecified atom stereocenters. The number of primary amides is 1. The van der Waals surface area contributed by atoms with Crippen LogP contribution in [0, 0.1) is 0 Å². The van der Waals surface area contributed by atoms with Crippen molar-refractivity contribution in [1.29, 1.82) is 0 Å². The lowest BCUT2D eigenvalue weighted by Gasteiger charge is -2.49. The Bertz CT molecular complexity index is 776. The van der Waals surface area contributed by atoms with Gasteiger partial charge in [0.25, 0.3) is 11.8 Å². The average Bonchev–Trinajstić information content (AvgIpc) is 3.11. The van der Waals surface area contributed by atoms with Gasteiger partial charge in [-0.15, -0.1) is 23.1 Å². The first-order valence-electron chi connectivity index (χ1n) is 7.06. The largest absolute Gasteiger partial charge is 0.477 e. The van der Waals surface area contributed by atoms with Gasteiger partial charge in [-0.25, -0.2) is 9.59 Å².